The lowest BCUT2D eigenvalue weighted by atomic mass is 9.77. The summed E-state index contributed by atoms with van der Waals surface area (Å²) in [5, 5.41) is 0. The molecule has 3 heterocycles. The molecule has 19 heavy (non-hydrogen) atoms. The van der Waals surface area contributed by atoms with Gasteiger partial charge in [0.2, 0.25) is 0 Å². The summed E-state index contributed by atoms with van der Waals surface area (Å²) in [5.41, 5.74) is 3.19. The van der Waals surface area contributed by atoms with E-state index in [9.17, 15) is 0 Å². The second-order valence-electron chi connectivity index (χ2n) is 6.14. The summed E-state index contributed by atoms with van der Waals surface area (Å²) in [4.78, 5) is 0. The minimum atomic E-state index is 0.141. The molecule has 0 aromatic rings. The van der Waals surface area contributed by atoms with Crippen LogP contribution < -0.4 is 11.3 Å². The number of thioether (sulfide) groups is 1. The van der Waals surface area contributed by atoms with Crippen LogP contribution >= 0.6 is 11.8 Å². The second kappa shape index (κ2) is 6.31. The van der Waals surface area contributed by atoms with Crippen molar-refractivity contribution in [1.29, 1.82) is 0 Å². The van der Waals surface area contributed by atoms with E-state index in [1.807, 2.05) is 0 Å². The molecule has 5 heteroatoms. The predicted molar refractivity (Wildman–Crippen MR) is 78.1 cm³/mol. The van der Waals surface area contributed by atoms with Crippen molar-refractivity contribution < 1.29 is 9.47 Å². The molecular formula is C14H26N2O2S. The molecule has 3 rings (SSSR count). The molecule has 4 nitrogen and oxygen atoms in total. The molecule has 1 spiro atoms. The standard InChI is InChI=1S/C14H26N2O2S/c15-16-13(12-2-1-6-17-12)11-3-7-18-14(10-11)4-8-19-9-5-14/h11-13,16H,1-10,15H2. The third-order valence-electron chi connectivity index (χ3n) is 5.00. The second-order valence-corrected chi connectivity index (χ2v) is 7.37. The first-order chi connectivity index (χ1) is 9.33. The van der Waals surface area contributed by atoms with Crippen molar-refractivity contribution in [2.45, 2.75) is 56.3 Å². The molecular weight excluding hydrogens is 260 g/mol. The molecule has 0 aromatic heterocycles. The third kappa shape index (κ3) is 3.10. The Morgan fingerprint density at radius 2 is 2.05 bits per heavy atom. The summed E-state index contributed by atoms with van der Waals surface area (Å²) in [7, 11) is 0. The van der Waals surface area contributed by atoms with E-state index in [0.29, 0.717) is 18.1 Å². The Hall–Kier alpha value is 0.190. The van der Waals surface area contributed by atoms with Crippen LogP contribution in [0.4, 0.5) is 0 Å². The zero-order chi connectivity index (χ0) is 13.1. The van der Waals surface area contributed by atoms with Crippen LogP contribution in [-0.2, 0) is 9.47 Å². The number of nitrogens with one attached hydrogen (secondary N) is 1. The van der Waals surface area contributed by atoms with Gasteiger partial charge in [0, 0.05) is 13.2 Å². The number of ether oxygens (including phenoxy) is 2. The van der Waals surface area contributed by atoms with Gasteiger partial charge in [-0.25, -0.2) is 0 Å². The van der Waals surface area contributed by atoms with Gasteiger partial charge in [0.25, 0.3) is 0 Å². The van der Waals surface area contributed by atoms with Gasteiger partial charge in [-0.15, -0.1) is 0 Å². The lowest BCUT2D eigenvalue weighted by molar-refractivity contribution is -0.114. The molecule has 0 aromatic carbocycles. The third-order valence-corrected chi connectivity index (χ3v) is 5.99. The largest absolute Gasteiger partial charge is 0.377 e. The van der Waals surface area contributed by atoms with Crippen LogP contribution in [0, 0.1) is 5.92 Å². The summed E-state index contributed by atoms with van der Waals surface area (Å²) < 4.78 is 12.0. The maximum absolute atomic E-state index is 6.17. The van der Waals surface area contributed by atoms with Crippen molar-refractivity contribution in [3.63, 3.8) is 0 Å². The van der Waals surface area contributed by atoms with E-state index in [2.05, 4.69) is 17.2 Å². The summed E-state index contributed by atoms with van der Waals surface area (Å²) in [6, 6.07) is 0.304. The topological polar surface area (TPSA) is 56.5 Å². The van der Waals surface area contributed by atoms with E-state index in [1.54, 1.807) is 0 Å². The van der Waals surface area contributed by atoms with Gasteiger partial charge in [0.1, 0.15) is 0 Å². The highest BCUT2D eigenvalue weighted by molar-refractivity contribution is 7.99. The minimum Gasteiger partial charge on any atom is -0.377 e. The van der Waals surface area contributed by atoms with Crippen LogP contribution in [0.1, 0.15) is 38.5 Å². The summed E-state index contributed by atoms with van der Waals surface area (Å²) in [6.45, 7) is 1.79. The fourth-order valence-corrected chi connectivity index (χ4v) is 5.13. The number of hydrazine groups is 1. The fraction of sp³-hybridized carbons (Fsp3) is 1.00. The monoisotopic (exact) mass is 286 g/mol. The maximum atomic E-state index is 6.17. The maximum Gasteiger partial charge on any atom is 0.0745 e. The summed E-state index contributed by atoms with van der Waals surface area (Å²) in [6.07, 6.45) is 7.31. The van der Waals surface area contributed by atoms with Gasteiger partial charge in [-0.3, -0.25) is 11.3 Å². The Labute approximate surface area is 120 Å². The zero-order valence-electron chi connectivity index (χ0n) is 11.6. The molecule has 3 aliphatic rings. The first-order valence-corrected chi connectivity index (χ1v) is 8.78. The number of nitrogens with two attached hydrogens (primary N) is 1. The van der Waals surface area contributed by atoms with Crippen molar-refractivity contribution >= 4 is 11.8 Å². The molecule has 0 amide bonds. The van der Waals surface area contributed by atoms with E-state index in [4.69, 9.17) is 15.3 Å². The Kier molecular flexibility index (Phi) is 4.70. The van der Waals surface area contributed by atoms with Crippen LogP contribution in [0.25, 0.3) is 0 Å². The fourth-order valence-electron chi connectivity index (χ4n) is 3.90. The van der Waals surface area contributed by atoms with Gasteiger partial charge < -0.3 is 9.47 Å². The molecule has 3 fully saturated rings. The van der Waals surface area contributed by atoms with Gasteiger partial charge in [0.15, 0.2) is 0 Å². The Balaban J connectivity index is 1.65. The molecule has 3 N–H and O–H groups in total. The van der Waals surface area contributed by atoms with Crippen molar-refractivity contribution in [2.75, 3.05) is 24.7 Å². The SMILES string of the molecule is NNC(C1CCOC2(CCSCC2)C1)C1CCCO1. The molecule has 0 aliphatic carbocycles. The van der Waals surface area contributed by atoms with E-state index in [-0.39, 0.29) is 5.60 Å². The number of hydrogen-bond acceptors (Lipinski definition) is 5. The molecule has 0 bridgehead atoms. The number of rotatable bonds is 3. The molecule has 110 valence electrons. The normalized spacial score (nSPS) is 36.5. The van der Waals surface area contributed by atoms with Gasteiger partial charge in [-0.05, 0) is 55.9 Å². The average Bonchev–Trinajstić information content (AvgIpc) is 2.95. The predicted octanol–water partition coefficient (Wildman–Crippen LogP) is 1.69. The van der Waals surface area contributed by atoms with Crippen LogP contribution in [0.5, 0.6) is 0 Å². The molecule has 0 saturated carbocycles. The Morgan fingerprint density at radius 1 is 1.21 bits per heavy atom. The smallest absolute Gasteiger partial charge is 0.0745 e. The van der Waals surface area contributed by atoms with E-state index in [1.165, 1.54) is 30.8 Å². The van der Waals surface area contributed by atoms with Crippen molar-refractivity contribution in [2.24, 2.45) is 11.8 Å². The van der Waals surface area contributed by atoms with Crippen molar-refractivity contribution in [3.05, 3.63) is 0 Å². The quantitative estimate of drug-likeness (QED) is 0.611. The van der Waals surface area contributed by atoms with E-state index in [0.717, 1.165) is 32.5 Å². The molecule has 0 radical (unpaired) electrons. The highest BCUT2D eigenvalue weighted by Crippen LogP contribution is 2.41. The van der Waals surface area contributed by atoms with Crippen molar-refractivity contribution in [3.8, 4) is 0 Å². The molecule has 3 aliphatic heterocycles. The minimum absolute atomic E-state index is 0.141. The molecule has 3 saturated heterocycles. The summed E-state index contributed by atoms with van der Waals surface area (Å²) in [5.74, 6) is 8.92. The van der Waals surface area contributed by atoms with Gasteiger partial charge in [-0.2, -0.15) is 11.8 Å². The van der Waals surface area contributed by atoms with Gasteiger partial charge >= 0.3 is 0 Å². The van der Waals surface area contributed by atoms with Gasteiger partial charge in [0.05, 0.1) is 17.7 Å². The highest BCUT2D eigenvalue weighted by Gasteiger charge is 2.43. The Bertz CT molecular complexity index is 286. The highest BCUT2D eigenvalue weighted by atomic mass is 32.2. The van der Waals surface area contributed by atoms with Crippen LogP contribution in [0.15, 0.2) is 0 Å². The Morgan fingerprint density at radius 3 is 2.74 bits per heavy atom. The first kappa shape index (κ1) is 14.1. The van der Waals surface area contributed by atoms with Crippen LogP contribution in [0.2, 0.25) is 0 Å². The zero-order valence-corrected chi connectivity index (χ0v) is 12.4. The molecule has 3 atom stereocenters. The lowest BCUT2D eigenvalue weighted by Crippen LogP contribution is -2.54. The van der Waals surface area contributed by atoms with Gasteiger partial charge in [-0.1, -0.05) is 0 Å². The van der Waals surface area contributed by atoms with Crippen molar-refractivity contribution in [1.82, 2.24) is 5.43 Å². The van der Waals surface area contributed by atoms with E-state index >= 15 is 0 Å². The number of hydrogen-bond donors (Lipinski definition) is 2. The summed E-state index contributed by atoms with van der Waals surface area (Å²) >= 11 is 2.06. The van der Waals surface area contributed by atoms with Crippen LogP contribution in [-0.4, -0.2) is 42.5 Å². The lowest BCUT2D eigenvalue weighted by Gasteiger charge is -2.46. The molecule has 3 unspecified atom stereocenters. The average molecular weight is 286 g/mol. The van der Waals surface area contributed by atoms with E-state index < -0.39 is 0 Å². The van der Waals surface area contributed by atoms with Crippen LogP contribution in [0.3, 0.4) is 0 Å². The first-order valence-electron chi connectivity index (χ1n) is 7.62.